The van der Waals surface area contributed by atoms with Gasteiger partial charge in [0.1, 0.15) is 12.4 Å². The van der Waals surface area contributed by atoms with Crippen LogP contribution in [0.1, 0.15) is 17.2 Å². The summed E-state index contributed by atoms with van der Waals surface area (Å²) in [6, 6.07) is 20.7. The van der Waals surface area contributed by atoms with Gasteiger partial charge in [-0.05, 0) is 17.2 Å². The van der Waals surface area contributed by atoms with Gasteiger partial charge in [0.05, 0.1) is 0 Å². The SMILES string of the molecule is C1=C(c2ccccc2)Nc2ncnn2[C@H]1c1ccccc1. The van der Waals surface area contributed by atoms with Crippen LogP contribution in [0, 0.1) is 0 Å². The summed E-state index contributed by atoms with van der Waals surface area (Å²) in [4.78, 5) is 4.31. The molecule has 1 atom stereocenters. The fraction of sp³-hybridized carbons (Fsp3) is 0.0588. The van der Waals surface area contributed by atoms with E-state index in [-0.39, 0.29) is 6.04 Å². The first kappa shape index (κ1) is 11.9. The van der Waals surface area contributed by atoms with Crippen LogP contribution in [0.3, 0.4) is 0 Å². The molecule has 1 aromatic heterocycles. The van der Waals surface area contributed by atoms with Crippen LogP contribution in [0.5, 0.6) is 0 Å². The lowest BCUT2D eigenvalue weighted by molar-refractivity contribution is 0.612. The van der Waals surface area contributed by atoms with Gasteiger partial charge in [0.15, 0.2) is 0 Å². The van der Waals surface area contributed by atoms with E-state index in [1.807, 2.05) is 41.1 Å². The van der Waals surface area contributed by atoms with Crippen molar-refractivity contribution in [3.8, 4) is 0 Å². The Morgan fingerprint density at radius 1 is 0.905 bits per heavy atom. The molecule has 0 amide bonds. The predicted molar refractivity (Wildman–Crippen MR) is 82.6 cm³/mol. The van der Waals surface area contributed by atoms with Crippen molar-refractivity contribution in [3.63, 3.8) is 0 Å². The van der Waals surface area contributed by atoms with Gasteiger partial charge in [-0.1, -0.05) is 60.7 Å². The third-order valence-corrected chi connectivity index (χ3v) is 3.63. The van der Waals surface area contributed by atoms with E-state index in [0.717, 1.165) is 17.2 Å². The molecule has 0 aliphatic carbocycles. The van der Waals surface area contributed by atoms with Gasteiger partial charge in [-0.3, -0.25) is 0 Å². The fourth-order valence-corrected chi connectivity index (χ4v) is 2.61. The first-order chi connectivity index (χ1) is 10.4. The number of rotatable bonds is 2. The summed E-state index contributed by atoms with van der Waals surface area (Å²) in [6.45, 7) is 0. The van der Waals surface area contributed by atoms with Crippen LogP contribution in [-0.2, 0) is 0 Å². The molecule has 4 nitrogen and oxygen atoms in total. The highest BCUT2D eigenvalue weighted by molar-refractivity contribution is 5.76. The molecule has 0 radical (unpaired) electrons. The van der Waals surface area contributed by atoms with Gasteiger partial charge in [0.25, 0.3) is 0 Å². The number of hydrogen-bond donors (Lipinski definition) is 1. The normalized spacial score (nSPS) is 16.8. The van der Waals surface area contributed by atoms with Gasteiger partial charge in [0, 0.05) is 5.70 Å². The van der Waals surface area contributed by atoms with E-state index >= 15 is 0 Å². The average Bonchev–Trinajstić information content (AvgIpc) is 3.04. The van der Waals surface area contributed by atoms with Gasteiger partial charge in [-0.25, -0.2) is 4.68 Å². The van der Waals surface area contributed by atoms with Crippen molar-refractivity contribution >= 4 is 11.6 Å². The van der Waals surface area contributed by atoms with Crippen molar-refractivity contribution in [2.45, 2.75) is 6.04 Å². The molecule has 0 saturated carbocycles. The highest BCUT2D eigenvalue weighted by Crippen LogP contribution is 2.31. The molecular formula is C17H14N4. The van der Waals surface area contributed by atoms with Crippen molar-refractivity contribution in [1.82, 2.24) is 14.8 Å². The molecule has 0 fully saturated rings. The van der Waals surface area contributed by atoms with E-state index in [1.165, 1.54) is 5.56 Å². The number of aromatic nitrogens is 3. The molecular weight excluding hydrogens is 260 g/mol. The summed E-state index contributed by atoms with van der Waals surface area (Å²) in [6.07, 6.45) is 3.77. The molecule has 21 heavy (non-hydrogen) atoms. The molecule has 1 aliphatic rings. The quantitative estimate of drug-likeness (QED) is 0.779. The van der Waals surface area contributed by atoms with Gasteiger partial charge < -0.3 is 5.32 Å². The first-order valence-corrected chi connectivity index (χ1v) is 6.90. The van der Waals surface area contributed by atoms with E-state index in [4.69, 9.17) is 0 Å². The molecule has 0 spiro atoms. The summed E-state index contributed by atoms with van der Waals surface area (Å²) in [7, 11) is 0. The van der Waals surface area contributed by atoms with Crippen LogP contribution in [0.15, 0.2) is 73.1 Å². The molecule has 102 valence electrons. The molecule has 4 heteroatoms. The lowest BCUT2D eigenvalue weighted by atomic mass is 10.0. The third-order valence-electron chi connectivity index (χ3n) is 3.63. The molecule has 0 unspecified atom stereocenters. The zero-order valence-corrected chi connectivity index (χ0v) is 11.3. The van der Waals surface area contributed by atoms with Crippen LogP contribution < -0.4 is 5.32 Å². The predicted octanol–water partition coefficient (Wildman–Crippen LogP) is 3.33. The highest BCUT2D eigenvalue weighted by atomic mass is 15.4. The lowest BCUT2D eigenvalue weighted by Crippen LogP contribution is -2.20. The Hall–Kier alpha value is -2.88. The summed E-state index contributed by atoms with van der Waals surface area (Å²) < 4.78 is 1.90. The maximum Gasteiger partial charge on any atom is 0.226 e. The number of nitrogens with one attached hydrogen (secondary N) is 1. The van der Waals surface area contributed by atoms with Crippen molar-refractivity contribution in [3.05, 3.63) is 84.2 Å². The van der Waals surface area contributed by atoms with Gasteiger partial charge in [0.2, 0.25) is 5.95 Å². The van der Waals surface area contributed by atoms with E-state index < -0.39 is 0 Å². The molecule has 4 rings (SSSR count). The summed E-state index contributed by atoms with van der Waals surface area (Å²) in [5.74, 6) is 0.769. The van der Waals surface area contributed by atoms with Crippen LogP contribution >= 0.6 is 0 Å². The van der Waals surface area contributed by atoms with E-state index in [1.54, 1.807) is 6.33 Å². The van der Waals surface area contributed by atoms with Crippen LogP contribution in [-0.4, -0.2) is 14.8 Å². The topological polar surface area (TPSA) is 42.7 Å². The van der Waals surface area contributed by atoms with Crippen LogP contribution in [0.25, 0.3) is 5.70 Å². The van der Waals surface area contributed by atoms with Gasteiger partial charge >= 0.3 is 0 Å². The highest BCUT2D eigenvalue weighted by Gasteiger charge is 2.22. The number of hydrogen-bond acceptors (Lipinski definition) is 3. The Balaban J connectivity index is 1.83. The average molecular weight is 274 g/mol. The number of anilines is 1. The van der Waals surface area contributed by atoms with Gasteiger partial charge in [-0.2, -0.15) is 10.1 Å². The van der Waals surface area contributed by atoms with E-state index in [9.17, 15) is 0 Å². The number of benzene rings is 2. The second kappa shape index (κ2) is 4.90. The lowest BCUT2D eigenvalue weighted by Gasteiger charge is -2.24. The Kier molecular flexibility index (Phi) is 2.78. The molecule has 2 heterocycles. The Labute approximate surface area is 122 Å². The minimum Gasteiger partial charge on any atom is -0.324 e. The molecule has 0 bridgehead atoms. The van der Waals surface area contributed by atoms with E-state index in [2.05, 4.69) is 45.7 Å². The van der Waals surface area contributed by atoms with Crippen molar-refractivity contribution < 1.29 is 0 Å². The summed E-state index contributed by atoms with van der Waals surface area (Å²) in [5.41, 5.74) is 3.40. The Morgan fingerprint density at radius 3 is 2.38 bits per heavy atom. The Morgan fingerprint density at radius 2 is 1.62 bits per heavy atom. The molecule has 1 aliphatic heterocycles. The van der Waals surface area contributed by atoms with Crippen molar-refractivity contribution in [1.29, 1.82) is 0 Å². The summed E-state index contributed by atoms with van der Waals surface area (Å²) >= 11 is 0. The fourth-order valence-electron chi connectivity index (χ4n) is 2.61. The monoisotopic (exact) mass is 274 g/mol. The molecule has 2 aromatic carbocycles. The summed E-state index contributed by atoms with van der Waals surface area (Å²) in [5, 5.41) is 7.68. The standard InChI is InChI=1S/C17H14N4/c1-3-7-13(8-4-1)15-11-16(14-9-5-2-6-10-14)21-17(20-15)18-12-19-21/h1-12,16H,(H,18,19,20)/t16-/m1/s1. The van der Waals surface area contributed by atoms with Crippen molar-refractivity contribution in [2.24, 2.45) is 0 Å². The second-order valence-corrected chi connectivity index (χ2v) is 4.96. The molecule has 1 N–H and O–H groups in total. The smallest absolute Gasteiger partial charge is 0.226 e. The largest absolute Gasteiger partial charge is 0.324 e. The van der Waals surface area contributed by atoms with Crippen LogP contribution in [0.4, 0.5) is 5.95 Å². The maximum atomic E-state index is 4.34. The zero-order valence-electron chi connectivity index (χ0n) is 11.3. The molecule has 0 saturated heterocycles. The number of allylic oxidation sites excluding steroid dienone is 1. The maximum absolute atomic E-state index is 4.34. The van der Waals surface area contributed by atoms with Crippen molar-refractivity contribution in [2.75, 3.05) is 5.32 Å². The third kappa shape index (κ3) is 2.10. The molecule has 3 aromatic rings. The minimum atomic E-state index is 0.0557. The first-order valence-electron chi connectivity index (χ1n) is 6.90. The Bertz CT molecular complexity index is 775. The number of fused-ring (bicyclic) bond motifs is 1. The van der Waals surface area contributed by atoms with E-state index in [0.29, 0.717) is 0 Å². The second-order valence-electron chi connectivity index (χ2n) is 4.96. The van der Waals surface area contributed by atoms with Crippen LogP contribution in [0.2, 0.25) is 0 Å². The van der Waals surface area contributed by atoms with Gasteiger partial charge in [-0.15, -0.1) is 0 Å². The number of nitrogens with zero attached hydrogens (tertiary/aromatic N) is 3. The minimum absolute atomic E-state index is 0.0557. The zero-order chi connectivity index (χ0) is 14.1.